The quantitative estimate of drug-likeness (QED) is 0.804. The molecule has 5 nitrogen and oxygen atoms in total. The second-order valence-electron chi connectivity index (χ2n) is 4.06. The van der Waals surface area contributed by atoms with E-state index in [1.807, 2.05) is 12.1 Å². The van der Waals surface area contributed by atoms with Gasteiger partial charge in [0.15, 0.2) is 0 Å². The zero-order valence-corrected chi connectivity index (χ0v) is 10.9. The standard InChI is InChI=1S/C14H17N3O2/c1-18-14-12(15)4-5-13(17-14)19-10-2-3-11-6-8-16-9-7-11/h4-9H,2-3,10,15H2,1H3. The summed E-state index contributed by atoms with van der Waals surface area (Å²) in [6.07, 6.45) is 5.46. The summed E-state index contributed by atoms with van der Waals surface area (Å²) in [5, 5.41) is 0. The van der Waals surface area contributed by atoms with Crippen molar-refractivity contribution in [3.8, 4) is 11.8 Å². The minimum atomic E-state index is 0.395. The van der Waals surface area contributed by atoms with E-state index in [1.165, 1.54) is 12.7 Å². The van der Waals surface area contributed by atoms with Crippen molar-refractivity contribution in [1.82, 2.24) is 9.97 Å². The molecule has 0 atom stereocenters. The van der Waals surface area contributed by atoms with Crippen molar-refractivity contribution >= 4 is 5.69 Å². The number of aromatic nitrogens is 2. The Balaban J connectivity index is 1.80. The molecule has 0 saturated carbocycles. The van der Waals surface area contributed by atoms with Gasteiger partial charge in [-0.15, -0.1) is 0 Å². The van der Waals surface area contributed by atoms with Crippen LogP contribution in [0.2, 0.25) is 0 Å². The fraction of sp³-hybridized carbons (Fsp3) is 0.286. The van der Waals surface area contributed by atoms with E-state index >= 15 is 0 Å². The molecule has 19 heavy (non-hydrogen) atoms. The lowest BCUT2D eigenvalue weighted by molar-refractivity contribution is 0.292. The number of nitrogens with two attached hydrogens (primary N) is 1. The third-order valence-electron chi connectivity index (χ3n) is 2.67. The summed E-state index contributed by atoms with van der Waals surface area (Å²) in [5.41, 5.74) is 7.44. The molecule has 100 valence electrons. The number of nitrogen functional groups attached to an aromatic ring is 1. The van der Waals surface area contributed by atoms with Crippen molar-refractivity contribution in [1.29, 1.82) is 0 Å². The average Bonchev–Trinajstić information content (AvgIpc) is 2.46. The van der Waals surface area contributed by atoms with Crippen LogP contribution < -0.4 is 15.2 Å². The van der Waals surface area contributed by atoms with Crippen molar-refractivity contribution in [2.24, 2.45) is 0 Å². The van der Waals surface area contributed by atoms with Crippen LogP contribution in [0.15, 0.2) is 36.7 Å². The van der Waals surface area contributed by atoms with E-state index in [2.05, 4.69) is 9.97 Å². The minimum absolute atomic E-state index is 0.395. The van der Waals surface area contributed by atoms with Crippen LogP contribution in [0.25, 0.3) is 0 Å². The van der Waals surface area contributed by atoms with Crippen LogP contribution in [0.4, 0.5) is 5.69 Å². The van der Waals surface area contributed by atoms with Crippen molar-refractivity contribution in [2.75, 3.05) is 19.5 Å². The predicted molar refractivity (Wildman–Crippen MR) is 73.3 cm³/mol. The van der Waals surface area contributed by atoms with Crippen LogP contribution in [0.5, 0.6) is 11.8 Å². The van der Waals surface area contributed by atoms with Gasteiger partial charge in [0.1, 0.15) is 0 Å². The van der Waals surface area contributed by atoms with Gasteiger partial charge in [-0.2, -0.15) is 4.98 Å². The van der Waals surface area contributed by atoms with Crippen LogP contribution in [-0.2, 0) is 6.42 Å². The molecule has 0 bridgehead atoms. The van der Waals surface area contributed by atoms with Crippen LogP contribution >= 0.6 is 0 Å². The molecule has 2 aromatic rings. The summed E-state index contributed by atoms with van der Waals surface area (Å²) < 4.78 is 10.6. The number of nitrogens with zero attached hydrogens (tertiary/aromatic N) is 2. The first kappa shape index (κ1) is 13.1. The second-order valence-corrected chi connectivity index (χ2v) is 4.06. The SMILES string of the molecule is COc1nc(OCCCc2ccncc2)ccc1N. The predicted octanol–water partition coefficient (Wildman–Crippen LogP) is 2.08. The van der Waals surface area contributed by atoms with Gasteiger partial charge in [-0.25, -0.2) is 0 Å². The number of rotatable bonds is 6. The van der Waals surface area contributed by atoms with Crippen LogP contribution in [0.1, 0.15) is 12.0 Å². The fourth-order valence-electron chi connectivity index (χ4n) is 1.68. The van der Waals surface area contributed by atoms with Gasteiger partial charge in [-0.1, -0.05) is 0 Å². The van der Waals surface area contributed by atoms with Gasteiger partial charge in [0.05, 0.1) is 19.4 Å². The molecule has 0 fully saturated rings. The second kappa shape index (κ2) is 6.58. The first-order chi connectivity index (χ1) is 9.29. The lowest BCUT2D eigenvalue weighted by Gasteiger charge is -2.08. The summed E-state index contributed by atoms with van der Waals surface area (Å²) >= 11 is 0. The lowest BCUT2D eigenvalue weighted by Crippen LogP contribution is -2.03. The normalized spacial score (nSPS) is 10.2. The highest BCUT2D eigenvalue weighted by molar-refractivity contribution is 5.49. The maximum absolute atomic E-state index is 5.68. The molecule has 2 rings (SSSR count). The van der Waals surface area contributed by atoms with Gasteiger partial charge in [0, 0.05) is 18.5 Å². The molecule has 2 N–H and O–H groups in total. The van der Waals surface area contributed by atoms with E-state index < -0.39 is 0 Å². The number of hydrogen-bond acceptors (Lipinski definition) is 5. The smallest absolute Gasteiger partial charge is 0.240 e. The number of pyridine rings is 2. The highest BCUT2D eigenvalue weighted by atomic mass is 16.5. The molecule has 2 aromatic heterocycles. The third kappa shape index (κ3) is 3.84. The molecule has 0 unspecified atom stereocenters. The molecule has 0 saturated heterocycles. The molecule has 0 aliphatic rings. The first-order valence-corrected chi connectivity index (χ1v) is 6.12. The highest BCUT2D eigenvalue weighted by Crippen LogP contribution is 2.21. The number of anilines is 1. The van der Waals surface area contributed by atoms with E-state index in [9.17, 15) is 0 Å². The maximum atomic E-state index is 5.68. The Morgan fingerprint density at radius 3 is 2.68 bits per heavy atom. The lowest BCUT2D eigenvalue weighted by atomic mass is 10.1. The highest BCUT2D eigenvalue weighted by Gasteiger charge is 2.03. The topological polar surface area (TPSA) is 70.3 Å². The van der Waals surface area contributed by atoms with Gasteiger partial charge >= 0.3 is 0 Å². The molecule has 0 aromatic carbocycles. The molecule has 0 radical (unpaired) electrons. The van der Waals surface area contributed by atoms with E-state index in [1.54, 1.807) is 24.5 Å². The summed E-state index contributed by atoms with van der Waals surface area (Å²) in [6.45, 7) is 0.600. The Hall–Kier alpha value is -2.30. The Morgan fingerprint density at radius 1 is 1.16 bits per heavy atom. The van der Waals surface area contributed by atoms with Crippen molar-refractivity contribution in [3.63, 3.8) is 0 Å². The number of ether oxygens (including phenoxy) is 2. The minimum Gasteiger partial charge on any atom is -0.479 e. The zero-order valence-electron chi connectivity index (χ0n) is 10.9. The number of aryl methyl sites for hydroxylation is 1. The van der Waals surface area contributed by atoms with Gasteiger partial charge in [-0.3, -0.25) is 4.98 Å². The molecule has 0 aliphatic carbocycles. The fourth-order valence-corrected chi connectivity index (χ4v) is 1.68. The number of hydrogen-bond donors (Lipinski definition) is 1. The summed E-state index contributed by atoms with van der Waals surface area (Å²) in [7, 11) is 1.53. The van der Waals surface area contributed by atoms with Crippen LogP contribution in [-0.4, -0.2) is 23.7 Å². The van der Waals surface area contributed by atoms with Gasteiger partial charge in [0.2, 0.25) is 11.8 Å². The van der Waals surface area contributed by atoms with Gasteiger partial charge in [-0.05, 0) is 36.6 Å². The maximum Gasteiger partial charge on any atom is 0.240 e. The third-order valence-corrected chi connectivity index (χ3v) is 2.67. The molecule has 5 heteroatoms. The summed E-state index contributed by atoms with van der Waals surface area (Å²) in [5.74, 6) is 0.924. The van der Waals surface area contributed by atoms with E-state index in [-0.39, 0.29) is 0 Å². The largest absolute Gasteiger partial charge is 0.479 e. The summed E-state index contributed by atoms with van der Waals surface area (Å²) in [4.78, 5) is 8.14. The Morgan fingerprint density at radius 2 is 1.95 bits per heavy atom. The van der Waals surface area contributed by atoms with E-state index in [4.69, 9.17) is 15.2 Å². The van der Waals surface area contributed by atoms with Crippen LogP contribution in [0.3, 0.4) is 0 Å². The molecule has 0 spiro atoms. The molecular weight excluding hydrogens is 242 g/mol. The average molecular weight is 259 g/mol. The van der Waals surface area contributed by atoms with E-state index in [0.29, 0.717) is 24.1 Å². The molecule has 0 aliphatic heterocycles. The Kier molecular flexibility index (Phi) is 4.55. The first-order valence-electron chi connectivity index (χ1n) is 6.12. The molecule has 2 heterocycles. The van der Waals surface area contributed by atoms with Crippen LogP contribution in [0, 0.1) is 0 Å². The monoisotopic (exact) mass is 259 g/mol. The Labute approximate surface area is 112 Å². The van der Waals surface area contributed by atoms with Gasteiger partial charge < -0.3 is 15.2 Å². The molecular formula is C14H17N3O2. The zero-order chi connectivity index (χ0) is 13.5. The van der Waals surface area contributed by atoms with Gasteiger partial charge in [0.25, 0.3) is 0 Å². The number of methoxy groups -OCH3 is 1. The van der Waals surface area contributed by atoms with Crippen molar-refractivity contribution in [3.05, 3.63) is 42.2 Å². The summed E-state index contributed by atoms with van der Waals surface area (Å²) in [6, 6.07) is 7.48. The van der Waals surface area contributed by atoms with E-state index in [0.717, 1.165) is 12.8 Å². The molecule has 0 amide bonds. The Bertz CT molecular complexity index is 517. The van der Waals surface area contributed by atoms with Crippen molar-refractivity contribution in [2.45, 2.75) is 12.8 Å². The van der Waals surface area contributed by atoms with Crippen molar-refractivity contribution < 1.29 is 9.47 Å².